The average molecular weight is 287 g/mol. The number of carboxylic acids is 1. The summed E-state index contributed by atoms with van der Waals surface area (Å²) in [6.07, 6.45) is 1.07. The number of nitrogens with one attached hydrogen (secondary N) is 2. The van der Waals surface area contributed by atoms with Crippen molar-refractivity contribution in [3.8, 4) is 0 Å². The highest BCUT2D eigenvalue weighted by atomic mass is 16.4. The lowest BCUT2D eigenvalue weighted by molar-refractivity contribution is -0.138. The second kappa shape index (κ2) is 6.47. The van der Waals surface area contributed by atoms with E-state index in [1.165, 1.54) is 0 Å². The van der Waals surface area contributed by atoms with Crippen LogP contribution in [-0.4, -0.2) is 28.0 Å². The number of carbonyl (C=O) groups is 3. The van der Waals surface area contributed by atoms with Gasteiger partial charge in [0.05, 0.1) is 17.6 Å². The van der Waals surface area contributed by atoms with Crippen LogP contribution in [0.4, 0.5) is 10.5 Å². The van der Waals surface area contributed by atoms with Crippen molar-refractivity contribution in [2.45, 2.75) is 12.8 Å². The predicted octanol–water partition coefficient (Wildman–Crippen LogP) is 1.75. The van der Waals surface area contributed by atoms with E-state index in [-0.39, 0.29) is 12.8 Å². The Kier molecular flexibility index (Phi) is 4.45. The van der Waals surface area contributed by atoms with Crippen LogP contribution in [0.5, 0.6) is 0 Å². The number of anilines is 1. The minimum atomic E-state index is -1.09. The molecule has 0 radical (unpaired) electrons. The second-order valence-corrected chi connectivity index (χ2v) is 4.27. The molecule has 0 aliphatic carbocycles. The number of imide groups is 1. The van der Waals surface area contributed by atoms with Crippen molar-refractivity contribution in [2.24, 2.45) is 0 Å². The number of hydrogen-bond acceptors (Lipinski definition) is 4. The first-order chi connectivity index (χ1) is 10.1. The van der Waals surface area contributed by atoms with E-state index in [2.05, 4.69) is 15.6 Å². The molecule has 3 amide bonds. The van der Waals surface area contributed by atoms with Crippen LogP contribution in [0.25, 0.3) is 10.9 Å². The number of nitrogens with zero attached hydrogens (tertiary/aromatic N) is 1. The molecule has 2 aromatic rings. The third-order valence-electron chi connectivity index (χ3n) is 2.71. The third-order valence-corrected chi connectivity index (χ3v) is 2.71. The van der Waals surface area contributed by atoms with Crippen LogP contribution in [-0.2, 0) is 9.59 Å². The second-order valence-electron chi connectivity index (χ2n) is 4.27. The van der Waals surface area contributed by atoms with E-state index >= 15 is 0 Å². The molecule has 21 heavy (non-hydrogen) atoms. The van der Waals surface area contributed by atoms with Gasteiger partial charge in [0.25, 0.3) is 0 Å². The Morgan fingerprint density at radius 1 is 1.10 bits per heavy atom. The summed E-state index contributed by atoms with van der Waals surface area (Å²) in [5.41, 5.74) is 1.23. The number of fused-ring (bicyclic) bond motifs is 1. The lowest BCUT2D eigenvalue weighted by Gasteiger charge is -2.08. The molecular weight excluding hydrogens is 274 g/mol. The van der Waals surface area contributed by atoms with Crippen LogP contribution in [0.2, 0.25) is 0 Å². The highest BCUT2D eigenvalue weighted by Gasteiger charge is 2.11. The molecule has 7 heteroatoms. The average Bonchev–Trinajstić information content (AvgIpc) is 2.45. The molecule has 0 aliphatic rings. The Morgan fingerprint density at radius 2 is 1.90 bits per heavy atom. The van der Waals surface area contributed by atoms with Crippen LogP contribution < -0.4 is 10.6 Å². The topological polar surface area (TPSA) is 108 Å². The number of hydrogen-bond donors (Lipinski definition) is 3. The maximum Gasteiger partial charge on any atom is 0.325 e. The van der Waals surface area contributed by atoms with Gasteiger partial charge in [0.15, 0.2) is 0 Å². The molecule has 0 unspecified atom stereocenters. The number of urea groups is 1. The molecule has 0 bridgehead atoms. The van der Waals surface area contributed by atoms with Crippen LogP contribution in [0, 0.1) is 0 Å². The van der Waals surface area contributed by atoms with Gasteiger partial charge in [-0.05, 0) is 24.3 Å². The first-order valence-electron chi connectivity index (χ1n) is 6.22. The molecule has 2 rings (SSSR count). The Hall–Kier alpha value is -2.96. The molecule has 0 spiro atoms. The van der Waals surface area contributed by atoms with E-state index in [9.17, 15) is 14.4 Å². The van der Waals surface area contributed by atoms with Crippen LogP contribution in [0.3, 0.4) is 0 Å². The number of aromatic nitrogens is 1. The molecule has 0 saturated carbocycles. The number of rotatable bonds is 4. The number of pyridine rings is 1. The number of carboxylic acid groups (broad SMARTS) is 1. The van der Waals surface area contributed by atoms with Crippen molar-refractivity contribution in [3.63, 3.8) is 0 Å². The van der Waals surface area contributed by atoms with Gasteiger partial charge in [-0.1, -0.05) is 6.07 Å². The Balaban J connectivity index is 2.02. The molecule has 0 fully saturated rings. The van der Waals surface area contributed by atoms with Crippen molar-refractivity contribution in [2.75, 3.05) is 5.32 Å². The van der Waals surface area contributed by atoms with Gasteiger partial charge in [0.2, 0.25) is 5.91 Å². The normalized spacial score (nSPS) is 10.1. The Bertz CT molecular complexity index is 694. The standard InChI is InChI=1S/C14H13N3O4/c18-12(6-7-13(19)20)17-14(21)16-11-5-1-4-10-9(11)3-2-8-15-10/h1-5,8H,6-7H2,(H,19,20)(H2,16,17,18,21). The fourth-order valence-corrected chi connectivity index (χ4v) is 1.78. The summed E-state index contributed by atoms with van der Waals surface area (Å²) in [6.45, 7) is 0. The zero-order valence-corrected chi connectivity index (χ0v) is 11.0. The minimum absolute atomic E-state index is 0.250. The monoisotopic (exact) mass is 287 g/mol. The van der Waals surface area contributed by atoms with E-state index < -0.39 is 17.9 Å². The van der Waals surface area contributed by atoms with E-state index in [0.29, 0.717) is 11.2 Å². The van der Waals surface area contributed by atoms with Crippen molar-refractivity contribution >= 4 is 34.5 Å². The maximum absolute atomic E-state index is 11.7. The van der Waals surface area contributed by atoms with Crippen LogP contribution in [0.1, 0.15) is 12.8 Å². The Morgan fingerprint density at radius 3 is 2.67 bits per heavy atom. The largest absolute Gasteiger partial charge is 0.481 e. The summed E-state index contributed by atoms with van der Waals surface area (Å²) in [6, 6.07) is 8.05. The number of aliphatic carboxylic acids is 1. The molecule has 1 aromatic carbocycles. The predicted molar refractivity (Wildman–Crippen MR) is 75.8 cm³/mol. The zero-order valence-electron chi connectivity index (χ0n) is 11.0. The first kappa shape index (κ1) is 14.4. The Labute approximate surface area is 120 Å². The van der Waals surface area contributed by atoms with Crippen molar-refractivity contribution in [1.29, 1.82) is 0 Å². The van der Waals surface area contributed by atoms with Crippen LogP contribution in [0.15, 0.2) is 36.5 Å². The highest BCUT2D eigenvalue weighted by molar-refractivity contribution is 6.05. The summed E-state index contributed by atoms with van der Waals surface area (Å²) in [4.78, 5) is 37.6. The van der Waals surface area contributed by atoms with Gasteiger partial charge in [-0.3, -0.25) is 19.9 Å². The summed E-state index contributed by atoms with van der Waals surface area (Å²) in [5.74, 6) is -1.74. The molecule has 3 N–H and O–H groups in total. The van der Waals surface area contributed by atoms with Gasteiger partial charge in [-0.15, -0.1) is 0 Å². The first-order valence-corrected chi connectivity index (χ1v) is 6.22. The van der Waals surface area contributed by atoms with Gasteiger partial charge >= 0.3 is 12.0 Å². The van der Waals surface area contributed by atoms with Crippen molar-refractivity contribution < 1.29 is 19.5 Å². The molecule has 1 heterocycles. The maximum atomic E-state index is 11.7. The van der Waals surface area contributed by atoms with E-state index in [0.717, 1.165) is 5.39 Å². The SMILES string of the molecule is O=C(O)CCC(=O)NC(=O)Nc1cccc2ncccc12. The molecule has 0 atom stereocenters. The van der Waals surface area contributed by atoms with Gasteiger partial charge < -0.3 is 10.4 Å². The number of carbonyl (C=O) groups excluding carboxylic acids is 2. The van der Waals surface area contributed by atoms with E-state index in [4.69, 9.17) is 5.11 Å². The number of amides is 3. The molecule has 0 aliphatic heterocycles. The van der Waals surface area contributed by atoms with Crippen molar-refractivity contribution in [1.82, 2.24) is 10.3 Å². The van der Waals surface area contributed by atoms with Gasteiger partial charge in [0, 0.05) is 18.0 Å². The summed E-state index contributed by atoms with van der Waals surface area (Å²) in [7, 11) is 0. The lowest BCUT2D eigenvalue weighted by Crippen LogP contribution is -2.34. The molecule has 1 aromatic heterocycles. The zero-order chi connectivity index (χ0) is 15.2. The third kappa shape index (κ3) is 4.00. The fraction of sp³-hybridized carbons (Fsp3) is 0.143. The fourth-order valence-electron chi connectivity index (χ4n) is 1.78. The molecule has 108 valence electrons. The van der Waals surface area contributed by atoms with E-state index in [1.54, 1.807) is 36.5 Å². The molecule has 7 nitrogen and oxygen atoms in total. The van der Waals surface area contributed by atoms with Crippen molar-refractivity contribution in [3.05, 3.63) is 36.5 Å². The summed E-state index contributed by atoms with van der Waals surface area (Å²) in [5, 5.41) is 13.8. The summed E-state index contributed by atoms with van der Waals surface area (Å²) < 4.78 is 0. The van der Waals surface area contributed by atoms with Gasteiger partial charge in [0.1, 0.15) is 0 Å². The smallest absolute Gasteiger partial charge is 0.325 e. The molecule has 0 saturated heterocycles. The van der Waals surface area contributed by atoms with Crippen LogP contribution >= 0.6 is 0 Å². The lowest BCUT2D eigenvalue weighted by atomic mass is 10.2. The summed E-state index contributed by atoms with van der Waals surface area (Å²) >= 11 is 0. The van der Waals surface area contributed by atoms with Gasteiger partial charge in [-0.25, -0.2) is 4.79 Å². The highest BCUT2D eigenvalue weighted by Crippen LogP contribution is 2.20. The quantitative estimate of drug-likeness (QED) is 0.793. The van der Waals surface area contributed by atoms with Gasteiger partial charge in [-0.2, -0.15) is 0 Å². The number of benzene rings is 1. The minimum Gasteiger partial charge on any atom is -0.481 e. The van der Waals surface area contributed by atoms with E-state index in [1.807, 2.05) is 0 Å². The molecular formula is C14H13N3O4.